The second-order valence-electron chi connectivity index (χ2n) is 0.854. The van der Waals surface area contributed by atoms with Crippen LogP contribution in [0.1, 0.15) is 0 Å². The van der Waals surface area contributed by atoms with Crippen LogP contribution in [0, 0.1) is 0 Å². The molecule has 0 radical (unpaired) electrons. The van der Waals surface area contributed by atoms with Gasteiger partial charge in [0.1, 0.15) is 0 Å². The number of hydrogen-bond acceptors (Lipinski definition) is 4. The average Bonchev–Trinajstić information content (AvgIpc) is 1.65. The van der Waals surface area contributed by atoms with Crippen LogP contribution in [0.5, 0.6) is 0 Å². The molecule has 8 heavy (non-hydrogen) atoms. The van der Waals surface area contributed by atoms with E-state index in [9.17, 15) is 8.42 Å². The molecule has 0 unspecified atom stereocenters. The zero-order valence-electron chi connectivity index (χ0n) is 3.74. The van der Waals surface area contributed by atoms with E-state index in [-0.39, 0.29) is 0 Å². The maximum Gasteiger partial charge on any atom is 0.244 e. The highest BCUT2D eigenvalue weighted by Gasteiger charge is 1.85. The van der Waals surface area contributed by atoms with Gasteiger partial charge in [0.15, 0.2) is 0 Å². The first kappa shape index (κ1) is 7.02. The molecular weight excluding hydrogens is 134 g/mol. The number of guanidine groups is 1. The van der Waals surface area contributed by atoms with Gasteiger partial charge in [-0.25, -0.2) is 8.42 Å². The standard InChI is InChI=1S/CH5N3O3S/c2-1(3-5)4-8(6)7/h5,8H,(H3,2,3,4,6,7). The van der Waals surface area contributed by atoms with E-state index in [1.54, 1.807) is 4.72 Å². The fraction of sp³-hybridized carbons (Fsp3) is 0. The molecule has 0 saturated carbocycles. The van der Waals surface area contributed by atoms with Crippen molar-refractivity contribution in [3.8, 4) is 0 Å². The van der Waals surface area contributed by atoms with Gasteiger partial charge in [-0.15, -0.1) is 0 Å². The van der Waals surface area contributed by atoms with Gasteiger partial charge in [-0.3, -0.25) is 4.72 Å². The predicted octanol–water partition coefficient (Wildman–Crippen LogP) is -2.19. The van der Waals surface area contributed by atoms with Gasteiger partial charge in [0, 0.05) is 0 Å². The molecule has 48 valence electrons. The number of nitrogens with one attached hydrogen (secondary N) is 1. The van der Waals surface area contributed by atoms with Crippen molar-refractivity contribution in [1.29, 1.82) is 0 Å². The highest BCUT2D eigenvalue weighted by molar-refractivity contribution is 7.71. The monoisotopic (exact) mass is 139 g/mol. The quantitative estimate of drug-likeness (QED) is 0.109. The molecular formula is CH5N3O3S. The minimum absolute atomic E-state index is 0.541. The molecule has 0 saturated heterocycles. The first-order valence-corrected chi connectivity index (χ1v) is 2.73. The molecule has 4 N–H and O–H groups in total. The lowest BCUT2D eigenvalue weighted by atomic mass is 11.1. The third-order valence-corrected chi connectivity index (χ3v) is 0.725. The van der Waals surface area contributed by atoms with Crippen molar-refractivity contribution >= 4 is 16.8 Å². The topological polar surface area (TPSA) is 105 Å². The fourth-order valence-electron chi connectivity index (χ4n) is 0.116. The summed E-state index contributed by atoms with van der Waals surface area (Å²) in [6.45, 7) is 0. The molecule has 0 atom stereocenters. The van der Waals surface area contributed by atoms with Gasteiger partial charge in [-0.05, 0) is 0 Å². The zero-order chi connectivity index (χ0) is 6.57. The number of oxime groups is 1. The van der Waals surface area contributed by atoms with Crippen LogP contribution in [0.3, 0.4) is 0 Å². The summed E-state index contributed by atoms with van der Waals surface area (Å²) in [7, 11) is -2.81. The van der Waals surface area contributed by atoms with Crippen LogP contribution in [0.15, 0.2) is 5.16 Å². The summed E-state index contributed by atoms with van der Waals surface area (Å²) in [4.78, 5) is 0. The SMILES string of the molecule is NC(=NO)N[SH](=O)=O. The lowest BCUT2D eigenvalue weighted by Crippen LogP contribution is -2.29. The molecule has 0 fully saturated rings. The fourth-order valence-corrected chi connectivity index (χ4v) is 0.348. The van der Waals surface area contributed by atoms with E-state index < -0.39 is 16.8 Å². The Morgan fingerprint density at radius 3 is 2.38 bits per heavy atom. The van der Waals surface area contributed by atoms with Gasteiger partial charge >= 0.3 is 0 Å². The molecule has 0 aromatic rings. The third kappa shape index (κ3) is 3.22. The van der Waals surface area contributed by atoms with Gasteiger partial charge in [-0.1, -0.05) is 5.16 Å². The van der Waals surface area contributed by atoms with Crippen LogP contribution in [-0.2, 0) is 10.9 Å². The molecule has 0 aliphatic heterocycles. The van der Waals surface area contributed by atoms with Crippen LogP contribution in [-0.4, -0.2) is 19.6 Å². The number of nitrogens with zero attached hydrogens (tertiary/aromatic N) is 1. The first-order chi connectivity index (χ1) is 3.66. The van der Waals surface area contributed by atoms with Crippen molar-refractivity contribution in [3.05, 3.63) is 0 Å². The second kappa shape index (κ2) is 3.08. The lowest BCUT2D eigenvalue weighted by molar-refractivity contribution is 0.317. The van der Waals surface area contributed by atoms with Crippen LogP contribution in [0.25, 0.3) is 0 Å². The molecule has 0 amide bonds. The lowest BCUT2D eigenvalue weighted by Gasteiger charge is -1.88. The van der Waals surface area contributed by atoms with Crippen LogP contribution in [0.4, 0.5) is 0 Å². The van der Waals surface area contributed by atoms with Gasteiger partial charge in [-0.2, -0.15) is 0 Å². The van der Waals surface area contributed by atoms with Crippen molar-refractivity contribution in [2.24, 2.45) is 10.9 Å². The highest BCUT2D eigenvalue weighted by Crippen LogP contribution is 1.54. The molecule has 0 bridgehead atoms. The number of thiol groups is 1. The molecule has 0 aliphatic carbocycles. The largest absolute Gasteiger partial charge is 0.408 e. The Hall–Kier alpha value is -0.980. The summed E-state index contributed by atoms with van der Waals surface area (Å²) in [6.07, 6.45) is 0. The van der Waals surface area contributed by atoms with E-state index in [0.29, 0.717) is 0 Å². The van der Waals surface area contributed by atoms with E-state index in [1.165, 1.54) is 0 Å². The molecule has 0 spiro atoms. The predicted molar refractivity (Wildman–Crippen MR) is 26.9 cm³/mol. The smallest absolute Gasteiger partial charge is 0.244 e. The average molecular weight is 139 g/mol. The minimum Gasteiger partial charge on any atom is -0.408 e. The Labute approximate surface area is 47.1 Å². The third-order valence-electron chi connectivity index (χ3n) is 0.314. The summed E-state index contributed by atoms with van der Waals surface area (Å²) in [6, 6.07) is 0. The van der Waals surface area contributed by atoms with Crippen LogP contribution in [0.2, 0.25) is 0 Å². The van der Waals surface area contributed by atoms with Gasteiger partial charge in [0.25, 0.3) is 0 Å². The summed E-state index contributed by atoms with van der Waals surface area (Å²) < 4.78 is 20.9. The Morgan fingerprint density at radius 1 is 1.75 bits per heavy atom. The van der Waals surface area contributed by atoms with Crippen molar-refractivity contribution in [3.63, 3.8) is 0 Å². The maximum atomic E-state index is 9.62. The number of rotatable bonds is 1. The molecule has 0 heterocycles. The molecule has 7 heteroatoms. The number of hydrogen-bond donors (Lipinski definition) is 4. The van der Waals surface area contributed by atoms with E-state index in [0.717, 1.165) is 0 Å². The molecule has 0 aliphatic rings. The van der Waals surface area contributed by atoms with E-state index in [2.05, 4.69) is 10.9 Å². The van der Waals surface area contributed by atoms with E-state index >= 15 is 0 Å². The summed E-state index contributed by atoms with van der Waals surface area (Å²) in [5, 5.41) is 10.0. The summed E-state index contributed by atoms with van der Waals surface area (Å²) in [5.41, 5.74) is 4.68. The second-order valence-corrected chi connectivity index (χ2v) is 1.59. The van der Waals surface area contributed by atoms with Crippen molar-refractivity contribution in [1.82, 2.24) is 4.72 Å². The zero-order valence-corrected chi connectivity index (χ0v) is 4.63. The summed E-state index contributed by atoms with van der Waals surface area (Å²) in [5.74, 6) is -0.541. The van der Waals surface area contributed by atoms with Crippen LogP contribution >= 0.6 is 0 Å². The van der Waals surface area contributed by atoms with E-state index in [1.807, 2.05) is 0 Å². The Balaban J connectivity index is 3.74. The highest BCUT2D eigenvalue weighted by atomic mass is 32.2. The normalized spacial score (nSPS) is 11.9. The number of nitrogens with two attached hydrogens (primary N) is 1. The molecule has 0 rings (SSSR count). The first-order valence-electron chi connectivity index (χ1n) is 1.55. The minimum atomic E-state index is -2.81. The maximum absolute atomic E-state index is 9.62. The summed E-state index contributed by atoms with van der Waals surface area (Å²) >= 11 is 0. The van der Waals surface area contributed by atoms with Crippen molar-refractivity contribution in [2.75, 3.05) is 0 Å². The Kier molecular flexibility index (Phi) is 2.70. The van der Waals surface area contributed by atoms with Crippen LogP contribution < -0.4 is 10.5 Å². The van der Waals surface area contributed by atoms with E-state index in [4.69, 9.17) is 5.21 Å². The van der Waals surface area contributed by atoms with Crippen molar-refractivity contribution < 1.29 is 13.6 Å². The molecule has 0 aromatic carbocycles. The van der Waals surface area contributed by atoms with Gasteiger partial charge in [0.05, 0.1) is 0 Å². The molecule has 0 aromatic heterocycles. The Morgan fingerprint density at radius 2 is 2.25 bits per heavy atom. The Bertz CT molecular complexity index is 152. The molecule has 6 nitrogen and oxygen atoms in total. The van der Waals surface area contributed by atoms with Gasteiger partial charge in [0.2, 0.25) is 16.8 Å². The van der Waals surface area contributed by atoms with Crippen molar-refractivity contribution in [2.45, 2.75) is 0 Å². The van der Waals surface area contributed by atoms with Gasteiger partial charge < -0.3 is 10.9 Å².